The second-order valence-electron chi connectivity index (χ2n) is 2.10. The largest absolute Gasteiger partial charge is 0.384 e. The average molecular weight is 220 g/mol. The Hall–Kier alpha value is -0.420. The lowest BCUT2D eigenvalue weighted by Crippen LogP contribution is -2.09. The third-order valence-corrected chi connectivity index (χ3v) is 2.00. The van der Waals surface area contributed by atoms with E-state index in [1.54, 1.807) is 4.68 Å². The predicted octanol–water partition coefficient (Wildman–Crippen LogP) is 0.726. The van der Waals surface area contributed by atoms with Crippen molar-refractivity contribution >= 4 is 15.9 Å². The number of aryl methyl sites for hydroxylation is 1. The van der Waals surface area contributed by atoms with Crippen molar-refractivity contribution in [1.29, 1.82) is 0 Å². The van der Waals surface area contributed by atoms with Gasteiger partial charge in [-0.05, 0) is 6.92 Å². The van der Waals surface area contributed by atoms with Crippen LogP contribution in [0, 0.1) is 0 Å². The Balaban J connectivity index is 2.83. The highest BCUT2D eigenvalue weighted by atomic mass is 79.9. The van der Waals surface area contributed by atoms with Gasteiger partial charge in [0.1, 0.15) is 12.4 Å². The number of aliphatic hydroxyl groups excluding tert-OH is 1. The Labute approximate surface area is 73.4 Å². The molecule has 5 heteroatoms. The Morgan fingerprint density at radius 3 is 3.09 bits per heavy atom. The lowest BCUT2D eigenvalue weighted by atomic mass is 10.4. The quantitative estimate of drug-likeness (QED) is 0.764. The van der Waals surface area contributed by atoms with Crippen molar-refractivity contribution in [2.24, 2.45) is 0 Å². The van der Waals surface area contributed by atoms with Crippen molar-refractivity contribution in [3.05, 3.63) is 12.2 Å². The molecule has 1 rings (SSSR count). The Bertz CT molecular complexity index is 225. The average Bonchev–Trinajstić information content (AvgIpc) is 2.50. The molecule has 0 aromatic carbocycles. The van der Waals surface area contributed by atoms with Gasteiger partial charge in [0.05, 0.1) is 0 Å². The molecule has 1 unspecified atom stereocenters. The molecule has 1 N–H and O–H groups in total. The minimum Gasteiger partial charge on any atom is -0.384 e. The summed E-state index contributed by atoms with van der Waals surface area (Å²) >= 11 is 3.17. The van der Waals surface area contributed by atoms with Crippen molar-refractivity contribution in [2.75, 3.05) is 5.33 Å². The molecule has 0 fully saturated rings. The van der Waals surface area contributed by atoms with Crippen molar-refractivity contribution in [2.45, 2.75) is 19.6 Å². The summed E-state index contributed by atoms with van der Waals surface area (Å²) in [4.78, 5) is 3.93. The standard InChI is InChI=1S/C6H10BrN3O/c1-2-10-6(5(11)3-7)8-4-9-10/h4-5,11H,2-3H2,1H3. The van der Waals surface area contributed by atoms with Gasteiger partial charge in [0.25, 0.3) is 0 Å². The van der Waals surface area contributed by atoms with Gasteiger partial charge >= 0.3 is 0 Å². The minimum atomic E-state index is -0.558. The van der Waals surface area contributed by atoms with Crippen molar-refractivity contribution in [1.82, 2.24) is 14.8 Å². The van der Waals surface area contributed by atoms with E-state index in [0.717, 1.165) is 6.54 Å². The molecule has 62 valence electrons. The molecule has 1 heterocycles. The number of halogens is 1. The van der Waals surface area contributed by atoms with E-state index in [0.29, 0.717) is 11.2 Å². The summed E-state index contributed by atoms with van der Waals surface area (Å²) in [5.41, 5.74) is 0. The fraction of sp³-hybridized carbons (Fsp3) is 0.667. The molecule has 1 aromatic rings. The molecule has 0 aliphatic rings. The van der Waals surface area contributed by atoms with E-state index >= 15 is 0 Å². The molecule has 0 amide bonds. The normalized spacial score (nSPS) is 13.4. The van der Waals surface area contributed by atoms with Gasteiger partial charge in [-0.15, -0.1) is 0 Å². The number of hydrogen-bond donors (Lipinski definition) is 1. The van der Waals surface area contributed by atoms with E-state index in [9.17, 15) is 5.11 Å². The fourth-order valence-corrected chi connectivity index (χ4v) is 1.13. The van der Waals surface area contributed by atoms with Crippen LogP contribution in [0.1, 0.15) is 18.9 Å². The van der Waals surface area contributed by atoms with Crippen LogP contribution in [0.25, 0.3) is 0 Å². The third kappa shape index (κ3) is 1.78. The van der Waals surface area contributed by atoms with Crippen LogP contribution in [-0.4, -0.2) is 25.2 Å². The molecule has 1 atom stereocenters. The van der Waals surface area contributed by atoms with Gasteiger partial charge in [-0.1, -0.05) is 15.9 Å². The zero-order chi connectivity index (χ0) is 8.27. The maximum atomic E-state index is 9.36. The van der Waals surface area contributed by atoms with Crippen LogP contribution in [0.4, 0.5) is 0 Å². The first-order valence-electron chi connectivity index (χ1n) is 3.41. The Morgan fingerprint density at radius 2 is 2.55 bits per heavy atom. The molecular weight excluding hydrogens is 210 g/mol. The van der Waals surface area contributed by atoms with Crippen LogP contribution in [0.5, 0.6) is 0 Å². The summed E-state index contributed by atoms with van der Waals surface area (Å²) in [7, 11) is 0. The number of aromatic nitrogens is 3. The van der Waals surface area contributed by atoms with E-state index < -0.39 is 6.10 Å². The Morgan fingerprint density at radius 1 is 1.82 bits per heavy atom. The summed E-state index contributed by atoms with van der Waals surface area (Å²) in [6.07, 6.45) is 0.891. The number of nitrogens with zero attached hydrogens (tertiary/aromatic N) is 3. The molecular formula is C6H10BrN3O. The van der Waals surface area contributed by atoms with E-state index in [1.807, 2.05) is 6.92 Å². The first kappa shape index (κ1) is 8.67. The van der Waals surface area contributed by atoms with E-state index in [2.05, 4.69) is 26.0 Å². The van der Waals surface area contributed by atoms with Gasteiger partial charge in [-0.25, -0.2) is 9.67 Å². The first-order valence-corrected chi connectivity index (χ1v) is 4.53. The highest BCUT2D eigenvalue weighted by molar-refractivity contribution is 9.09. The van der Waals surface area contributed by atoms with Gasteiger partial charge in [-0.2, -0.15) is 5.10 Å². The Kier molecular flexibility index (Phi) is 3.02. The van der Waals surface area contributed by atoms with Crippen LogP contribution in [-0.2, 0) is 6.54 Å². The molecule has 1 aromatic heterocycles. The van der Waals surface area contributed by atoms with Crippen molar-refractivity contribution in [3.63, 3.8) is 0 Å². The van der Waals surface area contributed by atoms with Crippen LogP contribution in [0.3, 0.4) is 0 Å². The number of hydrogen-bond acceptors (Lipinski definition) is 3. The summed E-state index contributed by atoms with van der Waals surface area (Å²) in [6, 6.07) is 0. The number of aliphatic hydroxyl groups is 1. The lowest BCUT2D eigenvalue weighted by molar-refractivity contribution is 0.188. The molecule has 0 aliphatic carbocycles. The molecule has 0 saturated carbocycles. The van der Waals surface area contributed by atoms with Gasteiger partial charge in [-0.3, -0.25) is 0 Å². The van der Waals surface area contributed by atoms with Crippen LogP contribution in [0.2, 0.25) is 0 Å². The van der Waals surface area contributed by atoms with Gasteiger partial charge in [0.2, 0.25) is 0 Å². The second-order valence-corrected chi connectivity index (χ2v) is 2.75. The summed E-state index contributed by atoms with van der Waals surface area (Å²) in [5, 5.41) is 13.8. The zero-order valence-corrected chi connectivity index (χ0v) is 7.82. The van der Waals surface area contributed by atoms with Gasteiger partial charge in [0.15, 0.2) is 5.82 Å². The van der Waals surface area contributed by atoms with Gasteiger partial charge in [0, 0.05) is 11.9 Å². The highest BCUT2D eigenvalue weighted by Crippen LogP contribution is 2.10. The predicted molar refractivity (Wildman–Crippen MR) is 44.4 cm³/mol. The van der Waals surface area contributed by atoms with Crippen molar-refractivity contribution < 1.29 is 5.11 Å². The summed E-state index contributed by atoms with van der Waals surface area (Å²) in [5.74, 6) is 0.615. The minimum absolute atomic E-state index is 0.492. The van der Waals surface area contributed by atoms with E-state index in [-0.39, 0.29) is 0 Å². The monoisotopic (exact) mass is 219 g/mol. The summed E-state index contributed by atoms with van der Waals surface area (Å²) in [6.45, 7) is 2.69. The molecule has 11 heavy (non-hydrogen) atoms. The van der Waals surface area contributed by atoms with Gasteiger partial charge < -0.3 is 5.11 Å². The molecule has 0 bridgehead atoms. The van der Waals surface area contributed by atoms with E-state index in [4.69, 9.17) is 0 Å². The fourth-order valence-electron chi connectivity index (χ4n) is 0.844. The molecule has 0 spiro atoms. The second kappa shape index (κ2) is 3.82. The van der Waals surface area contributed by atoms with Crippen molar-refractivity contribution in [3.8, 4) is 0 Å². The molecule has 4 nitrogen and oxygen atoms in total. The molecule has 0 saturated heterocycles. The SMILES string of the molecule is CCn1ncnc1C(O)CBr. The van der Waals surface area contributed by atoms with Crippen LogP contribution < -0.4 is 0 Å². The van der Waals surface area contributed by atoms with Crippen LogP contribution >= 0.6 is 15.9 Å². The smallest absolute Gasteiger partial charge is 0.156 e. The molecule has 0 aliphatic heterocycles. The third-order valence-electron chi connectivity index (χ3n) is 1.39. The van der Waals surface area contributed by atoms with E-state index in [1.165, 1.54) is 6.33 Å². The first-order chi connectivity index (χ1) is 5.29. The summed E-state index contributed by atoms with van der Waals surface area (Å²) < 4.78 is 1.67. The lowest BCUT2D eigenvalue weighted by Gasteiger charge is -2.06. The molecule has 0 radical (unpaired) electrons. The van der Waals surface area contributed by atoms with Crippen LogP contribution in [0.15, 0.2) is 6.33 Å². The maximum Gasteiger partial charge on any atom is 0.156 e. The highest BCUT2D eigenvalue weighted by Gasteiger charge is 2.11. The zero-order valence-electron chi connectivity index (χ0n) is 6.24. The number of rotatable bonds is 3. The number of alkyl halides is 1. The topological polar surface area (TPSA) is 50.9 Å². The maximum absolute atomic E-state index is 9.36.